The number of halogens is 3. The summed E-state index contributed by atoms with van der Waals surface area (Å²) in [6, 6.07) is 9.70. The van der Waals surface area contributed by atoms with Crippen LogP contribution in [0.25, 0.3) is 10.9 Å². The number of nitrogens with one attached hydrogen (secondary N) is 1. The molecule has 1 aromatic heterocycles. The Bertz CT molecular complexity index is 1380. The van der Waals surface area contributed by atoms with E-state index < -0.39 is 23.2 Å². The van der Waals surface area contributed by atoms with E-state index in [9.17, 15) is 19.5 Å². The highest BCUT2D eigenvalue weighted by Crippen LogP contribution is 2.41. The average molecular weight is 560 g/mol. The topological polar surface area (TPSA) is 94.9 Å². The molecule has 1 atom stereocenters. The van der Waals surface area contributed by atoms with Gasteiger partial charge in [0.05, 0.1) is 41.3 Å². The van der Waals surface area contributed by atoms with Crippen LogP contribution in [0.3, 0.4) is 0 Å². The fourth-order valence-electron chi connectivity index (χ4n) is 4.88. The van der Waals surface area contributed by atoms with Gasteiger partial charge in [0, 0.05) is 35.3 Å². The van der Waals surface area contributed by atoms with Gasteiger partial charge < -0.3 is 9.84 Å². The van der Waals surface area contributed by atoms with Crippen molar-refractivity contribution in [3.63, 3.8) is 0 Å². The number of aliphatic hydroxyl groups excluding tert-OH is 1. The summed E-state index contributed by atoms with van der Waals surface area (Å²) in [7, 11) is 1.56. The van der Waals surface area contributed by atoms with Gasteiger partial charge >= 0.3 is 0 Å². The molecule has 38 heavy (non-hydrogen) atoms. The zero-order valence-electron chi connectivity index (χ0n) is 20.8. The molecule has 1 unspecified atom stereocenters. The Hall–Kier alpha value is -2.93. The normalized spacial score (nSPS) is 15.9. The van der Waals surface area contributed by atoms with E-state index in [0.29, 0.717) is 71.2 Å². The predicted molar refractivity (Wildman–Crippen MR) is 144 cm³/mol. The highest BCUT2D eigenvalue weighted by atomic mass is 35.5. The molecule has 0 spiro atoms. The number of fused-ring (bicyclic) bond motifs is 1. The van der Waals surface area contributed by atoms with E-state index in [2.05, 4.69) is 21.7 Å². The second-order valence-corrected chi connectivity index (χ2v) is 10.2. The molecule has 3 aromatic rings. The van der Waals surface area contributed by atoms with Gasteiger partial charge in [-0.3, -0.25) is 19.9 Å². The first-order chi connectivity index (χ1) is 18.3. The third kappa shape index (κ3) is 6.20. The predicted octanol–water partition coefficient (Wildman–Crippen LogP) is 5.14. The van der Waals surface area contributed by atoms with E-state index in [-0.39, 0.29) is 12.0 Å². The van der Waals surface area contributed by atoms with Gasteiger partial charge in [-0.2, -0.15) is 0 Å². The van der Waals surface area contributed by atoms with Crippen molar-refractivity contribution in [1.29, 1.82) is 0 Å². The Morgan fingerprint density at radius 3 is 2.71 bits per heavy atom. The first-order valence-electron chi connectivity index (χ1n) is 12.2. The number of carbonyl (C=O) groups is 1. The molecule has 200 valence electrons. The summed E-state index contributed by atoms with van der Waals surface area (Å²) in [6.45, 7) is 1.51. The van der Waals surface area contributed by atoms with Gasteiger partial charge in [-0.1, -0.05) is 35.0 Å². The summed E-state index contributed by atoms with van der Waals surface area (Å²) >= 11 is 12.2. The van der Waals surface area contributed by atoms with Crippen LogP contribution >= 0.6 is 23.2 Å². The number of hydroxylamine groups is 1. The molecular formula is C28H28Cl2FN3O4. The van der Waals surface area contributed by atoms with E-state index >= 15 is 0 Å². The molecule has 0 saturated carbocycles. The van der Waals surface area contributed by atoms with Crippen LogP contribution in [0.1, 0.15) is 42.9 Å². The largest absolute Gasteiger partial charge is 0.497 e. The van der Waals surface area contributed by atoms with Crippen LogP contribution in [0.5, 0.6) is 5.75 Å². The first-order valence-corrected chi connectivity index (χ1v) is 12.9. The van der Waals surface area contributed by atoms with E-state index in [4.69, 9.17) is 27.9 Å². The molecule has 3 N–H and O–H groups in total. The molecule has 1 aliphatic rings. The maximum atomic E-state index is 14.0. The lowest BCUT2D eigenvalue weighted by Gasteiger charge is -2.40. The van der Waals surface area contributed by atoms with Gasteiger partial charge in [0.15, 0.2) is 0 Å². The molecule has 7 nitrogen and oxygen atoms in total. The van der Waals surface area contributed by atoms with Gasteiger partial charge in [0.1, 0.15) is 11.6 Å². The zero-order chi connectivity index (χ0) is 27.3. The number of ether oxygens (including phenoxy) is 1. The van der Waals surface area contributed by atoms with E-state index in [1.807, 2.05) is 5.48 Å². The molecular weight excluding hydrogens is 532 g/mol. The maximum absolute atomic E-state index is 14.0. The van der Waals surface area contributed by atoms with Crippen molar-refractivity contribution in [2.24, 2.45) is 5.41 Å². The van der Waals surface area contributed by atoms with Gasteiger partial charge in [-0.25, -0.2) is 9.87 Å². The Kier molecular flexibility index (Phi) is 9.08. The van der Waals surface area contributed by atoms with Crippen LogP contribution in [0, 0.1) is 23.1 Å². The quantitative estimate of drug-likeness (QED) is 0.211. The van der Waals surface area contributed by atoms with Crippen molar-refractivity contribution < 1.29 is 24.2 Å². The van der Waals surface area contributed by atoms with Gasteiger partial charge in [0.2, 0.25) is 5.91 Å². The molecule has 2 aromatic carbocycles. The Balaban J connectivity index is 1.44. The number of carbonyl (C=O) groups excluding carboxylic acids is 1. The van der Waals surface area contributed by atoms with Crippen molar-refractivity contribution in [1.82, 2.24) is 15.4 Å². The highest BCUT2D eigenvalue weighted by Gasteiger charge is 2.41. The maximum Gasteiger partial charge on any atom is 0.249 e. The first kappa shape index (κ1) is 28.1. The summed E-state index contributed by atoms with van der Waals surface area (Å²) in [4.78, 5) is 19.2. The summed E-state index contributed by atoms with van der Waals surface area (Å²) < 4.78 is 19.3. The Labute approximate surface area is 230 Å². The van der Waals surface area contributed by atoms with Crippen molar-refractivity contribution in [3.05, 3.63) is 69.6 Å². The second-order valence-electron chi connectivity index (χ2n) is 9.38. The number of methoxy groups -OCH3 is 1. The molecule has 10 heteroatoms. The Morgan fingerprint density at radius 1 is 1.26 bits per heavy atom. The minimum Gasteiger partial charge on any atom is -0.497 e. The molecule has 1 amide bonds. The number of hydrogen-bond donors (Lipinski definition) is 3. The fourth-order valence-corrected chi connectivity index (χ4v) is 5.31. The number of aromatic nitrogens is 1. The number of aliphatic hydroxyl groups is 1. The fraction of sp³-hybridized carbons (Fsp3) is 0.357. The van der Waals surface area contributed by atoms with Crippen LogP contribution in [-0.4, -0.2) is 52.8 Å². The molecule has 4 rings (SSSR count). The molecule has 2 heterocycles. The summed E-state index contributed by atoms with van der Waals surface area (Å²) in [6.07, 6.45) is 2.05. The van der Waals surface area contributed by atoms with Crippen LogP contribution in [0.2, 0.25) is 10.0 Å². The SMILES string of the molecule is COc1ccc2ncc(Cl)c(C(O)CCC3(C(=O)NO)CCN(CC#Cc4ccc(Cl)cc4F)CC3)c2c1. The van der Waals surface area contributed by atoms with Gasteiger partial charge in [-0.05, 0) is 62.1 Å². The molecule has 1 aliphatic heterocycles. The highest BCUT2D eigenvalue weighted by molar-refractivity contribution is 6.32. The van der Waals surface area contributed by atoms with Crippen LogP contribution in [-0.2, 0) is 4.79 Å². The minimum absolute atomic E-state index is 0.249. The van der Waals surface area contributed by atoms with Crippen molar-refractivity contribution in [3.8, 4) is 17.6 Å². The van der Waals surface area contributed by atoms with E-state index in [1.165, 1.54) is 18.3 Å². The van der Waals surface area contributed by atoms with Crippen LogP contribution in [0.15, 0.2) is 42.6 Å². The zero-order valence-corrected chi connectivity index (χ0v) is 22.3. The van der Waals surface area contributed by atoms with Crippen molar-refractivity contribution >= 4 is 40.0 Å². The minimum atomic E-state index is -0.957. The third-order valence-corrected chi connectivity index (χ3v) is 7.69. The molecule has 1 fully saturated rings. The van der Waals surface area contributed by atoms with E-state index in [1.54, 1.807) is 31.4 Å². The number of likely N-dealkylation sites (tertiary alicyclic amines) is 1. The van der Waals surface area contributed by atoms with Gasteiger partial charge in [-0.15, -0.1) is 0 Å². The second kappa shape index (κ2) is 12.3. The lowest BCUT2D eigenvalue weighted by atomic mass is 9.73. The molecule has 1 saturated heterocycles. The number of pyridine rings is 1. The smallest absolute Gasteiger partial charge is 0.249 e. The molecule has 0 aliphatic carbocycles. The van der Waals surface area contributed by atoms with Gasteiger partial charge in [0.25, 0.3) is 0 Å². The lowest BCUT2D eigenvalue weighted by molar-refractivity contribution is -0.143. The molecule has 0 bridgehead atoms. The lowest BCUT2D eigenvalue weighted by Crippen LogP contribution is -2.48. The standard InChI is InChI=1S/C28H28Cl2FN3O4/c1-38-20-6-7-24-21(16-20)26(22(30)17-32-24)25(35)8-9-28(27(36)33-37)10-13-34(14-11-28)12-2-3-18-4-5-19(29)15-23(18)31/h4-7,15-17,25,35,37H,8-14H2,1H3,(H,33,36). The van der Waals surface area contributed by atoms with Crippen LogP contribution in [0.4, 0.5) is 4.39 Å². The number of benzene rings is 2. The number of nitrogens with zero attached hydrogens (tertiary/aromatic N) is 2. The van der Waals surface area contributed by atoms with Crippen LogP contribution < -0.4 is 10.2 Å². The summed E-state index contributed by atoms with van der Waals surface area (Å²) in [5.41, 5.74) is 2.41. The number of piperidine rings is 1. The summed E-state index contributed by atoms with van der Waals surface area (Å²) in [5, 5.41) is 21.9. The van der Waals surface area contributed by atoms with E-state index in [0.717, 1.165) is 0 Å². The summed E-state index contributed by atoms with van der Waals surface area (Å²) in [5.74, 6) is 5.46. The van der Waals surface area contributed by atoms with Crippen molar-refractivity contribution in [2.45, 2.75) is 31.8 Å². The monoisotopic (exact) mass is 559 g/mol. The van der Waals surface area contributed by atoms with Crippen molar-refractivity contribution in [2.75, 3.05) is 26.7 Å². The number of rotatable bonds is 7. The molecule has 0 radical (unpaired) electrons. The third-order valence-electron chi connectivity index (χ3n) is 7.15. The number of amides is 1. The Morgan fingerprint density at radius 2 is 2.03 bits per heavy atom. The number of hydrogen-bond acceptors (Lipinski definition) is 6. The average Bonchev–Trinajstić information content (AvgIpc) is 2.92.